The third-order valence-corrected chi connectivity index (χ3v) is 3.99. The van der Waals surface area contributed by atoms with Gasteiger partial charge in [-0.15, -0.1) is 0 Å². The number of fused-ring (bicyclic) bond motifs is 3. The first kappa shape index (κ1) is 12.5. The molecule has 1 aromatic carbocycles. The summed E-state index contributed by atoms with van der Waals surface area (Å²) in [4.78, 5) is 36.5. The van der Waals surface area contributed by atoms with E-state index >= 15 is 0 Å². The SMILES string of the molecule is O=C1CC(n2[nH]c(=O)c3ccccc3c2=O)[C@H]2CO[C@@H]1O2. The van der Waals surface area contributed by atoms with Crippen LogP contribution in [0.25, 0.3) is 10.8 Å². The van der Waals surface area contributed by atoms with Crippen LogP contribution in [0.5, 0.6) is 0 Å². The Bertz CT molecular complexity index is 852. The van der Waals surface area contributed by atoms with Crippen molar-refractivity contribution in [2.45, 2.75) is 24.9 Å². The van der Waals surface area contributed by atoms with Gasteiger partial charge in [0.15, 0.2) is 5.78 Å². The maximum atomic E-state index is 12.5. The summed E-state index contributed by atoms with van der Waals surface area (Å²) in [7, 11) is 0. The Morgan fingerprint density at radius 1 is 1.14 bits per heavy atom. The first-order valence-electron chi connectivity index (χ1n) is 6.68. The van der Waals surface area contributed by atoms with E-state index in [0.717, 1.165) is 0 Å². The zero-order valence-electron chi connectivity index (χ0n) is 10.9. The molecule has 3 atom stereocenters. The van der Waals surface area contributed by atoms with Crippen LogP contribution in [0.4, 0.5) is 0 Å². The molecule has 1 N–H and O–H groups in total. The number of H-pyrrole nitrogens is 1. The van der Waals surface area contributed by atoms with Gasteiger partial charge in [-0.2, -0.15) is 0 Å². The molecule has 3 heterocycles. The van der Waals surface area contributed by atoms with E-state index in [4.69, 9.17) is 9.47 Å². The Kier molecular flexibility index (Phi) is 2.60. The van der Waals surface area contributed by atoms with Gasteiger partial charge in [0, 0.05) is 6.42 Å². The minimum absolute atomic E-state index is 0.115. The van der Waals surface area contributed by atoms with Gasteiger partial charge >= 0.3 is 0 Å². The van der Waals surface area contributed by atoms with Gasteiger partial charge in [0.25, 0.3) is 11.1 Å². The van der Waals surface area contributed by atoms with Crippen LogP contribution in [0.2, 0.25) is 0 Å². The molecule has 2 saturated heterocycles. The summed E-state index contributed by atoms with van der Waals surface area (Å²) in [6, 6.07) is 6.05. The van der Waals surface area contributed by atoms with E-state index in [2.05, 4.69) is 5.10 Å². The van der Waals surface area contributed by atoms with Crippen molar-refractivity contribution in [3.05, 3.63) is 45.0 Å². The monoisotopic (exact) mass is 288 g/mol. The molecule has 1 aromatic heterocycles. The molecule has 0 aliphatic carbocycles. The van der Waals surface area contributed by atoms with Crippen molar-refractivity contribution in [1.82, 2.24) is 9.78 Å². The molecular formula is C14H12N2O5. The zero-order valence-corrected chi connectivity index (χ0v) is 10.9. The zero-order chi connectivity index (χ0) is 14.6. The standard InChI is InChI=1S/C14H12N2O5/c17-10-5-9(11-6-20-14(10)21-11)16-13(19)8-4-2-1-3-7(8)12(18)15-16/h1-4,9,11,14H,5-6H2,(H,15,18)/t9?,11-,14-/m1/s1. The highest BCUT2D eigenvalue weighted by Crippen LogP contribution is 2.31. The molecule has 0 spiro atoms. The smallest absolute Gasteiger partial charge is 0.273 e. The highest BCUT2D eigenvalue weighted by atomic mass is 16.7. The Labute approximate surface area is 118 Å². The number of carbonyl (C=O) groups is 1. The summed E-state index contributed by atoms with van der Waals surface area (Å²) in [5.74, 6) is -0.213. The Balaban J connectivity index is 1.91. The van der Waals surface area contributed by atoms with Crippen LogP contribution < -0.4 is 11.1 Å². The van der Waals surface area contributed by atoms with Crippen LogP contribution in [0, 0.1) is 0 Å². The molecular weight excluding hydrogens is 276 g/mol. The Morgan fingerprint density at radius 3 is 2.71 bits per heavy atom. The van der Waals surface area contributed by atoms with Crippen LogP contribution >= 0.6 is 0 Å². The molecule has 2 bridgehead atoms. The maximum Gasteiger partial charge on any atom is 0.273 e. The number of hydrogen-bond donors (Lipinski definition) is 1. The number of rotatable bonds is 1. The van der Waals surface area contributed by atoms with Crippen molar-refractivity contribution in [2.75, 3.05) is 6.61 Å². The van der Waals surface area contributed by atoms with Crippen LogP contribution in [-0.2, 0) is 14.3 Å². The minimum atomic E-state index is -0.825. The molecule has 2 aliphatic rings. The molecule has 1 unspecified atom stereocenters. The largest absolute Gasteiger partial charge is 0.343 e. The number of carbonyl (C=O) groups excluding carboxylic acids is 1. The average Bonchev–Trinajstić information content (AvgIpc) is 2.93. The average molecular weight is 288 g/mol. The van der Waals surface area contributed by atoms with E-state index in [1.165, 1.54) is 4.68 Å². The third kappa shape index (κ3) is 1.78. The normalized spacial score (nSPS) is 28.2. The van der Waals surface area contributed by atoms with Crippen LogP contribution in [-0.4, -0.2) is 34.6 Å². The lowest BCUT2D eigenvalue weighted by atomic mass is 10.0. The number of hydrogen-bond acceptors (Lipinski definition) is 5. The summed E-state index contributed by atoms with van der Waals surface area (Å²) >= 11 is 0. The van der Waals surface area contributed by atoms with Gasteiger partial charge in [0.05, 0.1) is 23.4 Å². The van der Waals surface area contributed by atoms with Gasteiger partial charge in [-0.3, -0.25) is 19.5 Å². The number of benzene rings is 1. The minimum Gasteiger partial charge on any atom is -0.343 e. The van der Waals surface area contributed by atoms with Gasteiger partial charge < -0.3 is 9.47 Å². The van der Waals surface area contributed by atoms with Gasteiger partial charge in [-0.25, -0.2) is 4.68 Å². The molecule has 0 amide bonds. The lowest BCUT2D eigenvalue weighted by Gasteiger charge is -2.27. The maximum absolute atomic E-state index is 12.5. The van der Waals surface area contributed by atoms with Crippen molar-refractivity contribution in [3.63, 3.8) is 0 Å². The Morgan fingerprint density at radius 2 is 1.90 bits per heavy atom. The molecule has 2 aromatic rings. The summed E-state index contributed by atoms with van der Waals surface area (Å²) in [6.45, 7) is 0.238. The fraction of sp³-hybridized carbons (Fsp3) is 0.357. The van der Waals surface area contributed by atoms with Crippen molar-refractivity contribution < 1.29 is 14.3 Å². The molecule has 2 aliphatic heterocycles. The van der Waals surface area contributed by atoms with Crippen molar-refractivity contribution >= 4 is 16.6 Å². The van der Waals surface area contributed by atoms with Gasteiger partial charge in [-0.1, -0.05) is 12.1 Å². The molecule has 2 fully saturated rings. The highest BCUT2D eigenvalue weighted by Gasteiger charge is 2.44. The van der Waals surface area contributed by atoms with E-state index in [1.807, 2.05) is 0 Å². The third-order valence-electron chi connectivity index (χ3n) is 3.99. The molecule has 7 nitrogen and oxygen atoms in total. The lowest BCUT2D eigenvalue weighted by Crippen LogP contribution is -2.43. The number of ketones is 1. The quantitative estimate of drug-likeness (QED) is 0.794. The second-order valence-electron chi connectivity index (χ2n) is 5.24. The van der Waals surface area contributed by atoms with E-state index < -0.39 is 18.4 Å². The van der Waals surface area contributed by atoms with Crippen LogP contribution in [0.1, 0.15) is 12.5 Å². The molecule has 0 radical (unpaired) electrons. The Hall–Kier alpha value is -2.25. The predicted molar refractivity (Wildman–Crippen MR) is 72.1 cm³/mol. The predicted octanol–water partition coefficient (Wildman–Crippen LogP) is -0.0548. The highest BCUT2D eigenvalue weighted by molar-refractivity contribution is 5.83. The number of Topliss-reactive ketones (excluding diaryl/α,β-unsaturated/α-hetero) is 1. The number of nitrogens with one attached hydrogen (secondary N) is 1. The molecule has 21 heavy (non-hydrogen) atoms. The molecule has 7 heteroatoms. The second-order valence-corrected chi connectivity index (χ2v) is 5.24. The van der Waals surface area contributed by atoms with E-state index in [9.17, 15) is 14.4 Å². The molecule has 0 saturated carbocycles. The van der Waals surface area contributed by atoms with E-state index in [1.54, 1.807) is 24.3 Å². The summed E-state index contributed by atoms with van der Waals surface area (Å²) < 4.78 is 11.9. The van der Waals surface area contributed by atoms with Crippen LogP contribution in [0.15, 0.2) is 33.9 Å². The van der Waals surface area contributed by atoms with Crippen molar-refractivity contribution in [1.29, 1.82) is 0 Å². The fourth-order valence-corrected chi connectivity index (χ4v) is 2.93. The first-order chi connectivity index (χ1) is 10.1. The first-order valence-corrected chi connectivity index (χ1v) is 6.68. The van der Waals surface area contributed by atoms with Crippen LogP contribution in [0.3, 0.4) is 0 Å². The van der Waals surface area contributed by atoms with Crippen molar-refractivity contribution in [2.24, 2.45) is 0 Å². The molecule has 4 rings (SSSR count). The number of nitrogens with zero attached hydrogens (tertiary/aromatic N) is 1. The topological polar surface area (TPSA) is 90.4 Å². The lowest BCUT2D eigenvalue weighted by molar-refractivity contribution is -0.156. The van der Waals surface area contributed by atoms with Crippen molar-refractivity contribution in [3.8, 4) is 0 Å². The number of aromatic amines is 1. The number of aromatic nitrogens is 2. The summed E-state index contributed by atoms with van der Waals surface area (Å²) in [5.41, 5.74) is -0.698. The van der Waals surface area contributed by atoms with E-state index in [-0.39, 0.29) is 29.9 Å². The van der Waals surface area contributed by atoms with E-state index in [0.29, 0.717) is 10.8 Å². The van der Waals surface area contributed by atoms with Gasteiger partial charge in [0.2, 0.25) is 6.29 Å². The fourth-order valence-electron chi connectivity index (χ4n) is 2.93. The van der Waals surface area contributed by atoms with Gasteiger partial charge in [-0.05, 0) is 12.1 Å². The second kappa shape index (κ2) is 4.37. The summed E-state index contributed by atoms with van der Waals surface area (Å²) in [6.07, 6.45) is -1.11. The molecule has 108 valence electrons. The van der Waals surface area contributed by atoms with Gasteiger partial charge in [0.1, 0.15) is 6.10 Å². The summed E-state index contributed by atoms with van der Waals surface area (Å²) in [5, 5.41) is 3.22. The number of ether oxygens (including phenoxy) is 2.